The van der Waals surface area contributed by atoms with Gasteiger partial charge in [0.2, 0.25) is 0 Å². The van der Waals surface area contributed by atoms with E-state index in [0.717, 1.165) is 0 Å². The predicted octanol–water partition coefficient (Wildman–Crippen LogP) is 8.07. The first kappa shape index (κ1) is 19.2. The summed E-state index contributed by atoms with van der Waals surface area (Å²) in [6.07, 6.45) is 24.8. The standard InChI is InChI=1S/C33H48/c1(4-16-10-18-12-24(16)32-28-14-26(30(18)32)20-6-2-8-22(20)28)5-17-11-19-13-25(17)33-29-15-27(31(19)33)21-7-3-9-23(21)29/h16-33H,1-15H2. The zero-order valence-electron chi connectivity index (χ0n) is 21.0. The topological polar surface area (TPSA) is 0 Å². The number of fused-ring (bicyclic) bond motifs is 24. The highest BCUT2D eigenvalue weighted by Crippen LogP contribution is 2.75. The van der Waals surface area contributed by atoms with Crippen LogP contribution in [0, 0.1) is 107 Å². The van der Waals surface area contributed by atoms with Crippen molar-refractivity contribution in [2.24, 2.45) is 107 Å². The molecule has 10 fully saturated rings. The molecule has 180 valence electrons. The summed E-state index contributed by atoms with van der Waals surface area (Å²) in [5.74, 6) is 21.7. The molecule has 0 heterocycles. The number of hydrogen-bond donors (Lipinski definition) is 0. The Labute approximate surface area is 202 Å². The Morgan fingerprint density at radius 2 is 0.788 bits per heavy atom. The van der Waals surface area contributed by atoms with E-state index >= 15 is 0 Å². The average Bonchev–Trinajstić information content (AvgIpc) is 3.67. The summed E-state index contributed by atoms with van der Waals surface area (Å²) in [6.45, 7) is 0. The van der Waals surface area contributed by atoms with Crippen molar-refractivity contribution >= 4 is 0 Å². The third kappa shape index (κ3) is 2.22. The summed E-state index contributed by atoms with van der Waals surface area (Å²) in [7, 11) is 0. The van der Waals surface area contributed by atoms with E-state index in [9.17, 15) is 0 Å². The molecule has 0 saturated heterocycles. The summed E-state index contributed by atoms with van der Waals surface area (Å²) in [6, 6.07) is 0. The minimum atomic E-state index is 1.17. The number of rotatable bonds is 4. The van der Waals surface area contributed by atoms with Gasteiger partial charge in [-0.05, 0) is 171 Å². The SMILES string of the molecule is C(CC1CC2CC1C1C3CC(C4CCCC43)C21)CC1CC2CC1C1C3CC(C4CCCC43)C21. The quantitative estimate of drug-likeness (QED) is 0.385. The fourth-order valence-corrected chi connectivity index (χ4v) is 16.2. The molecule has 18 unspecified atom stereocenters. The Balaban J connectivity index is 0.803. The third-order valence-corrected chi connectivity index (χ3v) is 16.2. The minimum Gasteiger partial charge on any atom is -0.0528 e. The van der Waals surface area contributed by atoms with Crippen molar-refractivity contribution in [3.05, 3.63) is 0 Å². The van der Waals surface area contributed by atoms with Crippen molar-refractivity contribution in [1.82, 2.24) is 0 Å². The predicted molar refractivity (Wildman–Crippen MR) is 132 cm³/mol. The lowest BCUT2D eigenvalue weighted by molar-refractivity contribution is 0.0366. The molecule has 0 spiro atoms. The highest BCUT2D eigenvalue weighted by Gasteiger charge is 2.69. The van der Waals surface area contributed by atoms with Crippen LogP contribution < -0.4 is 0 Å². The van der Waals surface area contributed by atoms with Crippen LogP contribution in [0.2, 0.25) is 0 Å². The van der Waals surface area contributed by atoms with Gasteiger partial charge >= 0.3 is 0 Å². The average molecular weight is 445 g/mol. The molecule has 10 aliphatic rings. The molecule has 10 aliphatic carbocycles. The molecule has 10 rings (SSSR count). The Kier molecular flexibility index (Phi) is 3.75. The highest BCUT2D eigenvalue weighted by atomic mass is 14.7. The van der Waals surface area contributed by atoms with E-state index in [1.165, 1.54) is 107 Å². The molecule has 0 N–H and O–H groups in total. The summed E-state index contributed by atoms with van der Waals surface area (Å²) < 4.78 is 0. The molecule has 0 amide bonds. The van der Waals surface area contributed by atoms with E-state index < -0.39 is 0 Å². The van der Waals surface area contributed by atoms with E-state index in [1.807, 2.05) is 0 Å². The van der Waals surface area contributed by atoms with Crippen LogP contribution in [0.15, 0.2) is 0 Å². The fraction of sp³-hybridized carbons (Fsp3) is 1.00. The highest BCUT2D eigenvalue weighted by molar-refractivity contribution is 5.17. The Morgan fingerprint density at radius 3 is 1.24 bits per heavy atom. The van der Waals surface area contributed by atoms with Gasteiger partial charge in [-0.25, -0.2) is 0 Å². The van der Waals surface area contributed by atoms with Gasteiger partial charge in [0.15, 0.2) is 0 Å². The van der Waals surface area contributed by atoms with Crippen LogP contribution in [0.4, 0.5) is 0 Å². The molecule has 0 aromatic heterocycles. The lowest BCUT2D eigenvalue weighted by atomic mass is 9.61. The van der Waals surface area contributed by atoms with Crippen molar-refractivity contribution in [3.8, 4) is 0 Å². The maximum atomic E-state index is 1.70. The van der Waals surface area contributed by atoms with Gasteiger partial charge in [0, 0.05) is 0 Å². The molecule has 33 heavy (non-hydrogen) atoms. The van der Waals surface area contributed by atoms with Crippen LogP contribution >= 0.6 is 0 Å². The Morgan fingerprint density at radius 1 is 0.364 bits per heavy atom. The smallest absolute Gasteiger partial charge is 0.0318 e. The van der Waals surface area contributed by atoms with E-state index in [2.05, 4.69) is 0 Å². The lowest BCUT2D eigenvalue weighted by Gasteiger charge is -2.44. The van der Waals surface area contributed by atoms with Crippen molar-refractivity contribution in [2.75, 3.05) is 0 Å². The summed E-state index contributed by atoms with van der Waals surface area (Å²) in [5, 5.41) is 0. The molecule has 0 radical (unpaired) electrons. The van der Waals surface area contributed by atoms with Gasteiger partial charge in [0.05, 0.1) is 0 Å². The molecule has 0 nitrogen and oxygen atoms in total. The largest absolute Gasteiger partial charge is 0.0528 e. The third-order valence-electron chi connectivity index (χ3n) is 16.2. The van der Waals surface area contributed by atoms with E-state index in [4.69, 9.17) is 0 Å². The first-order chi connectivity index (χ1) is 16.3. The Bertz CT molecular complexity index is 775. The van der Waals surface area contributed by atoms with Gasteiger partial charge in [-0.3, -0.25) is 0 Å². The summed E-state index contributed by atoms with van der Waals surface area (Å²) in [5.41, 5.74) is 0. The van der Waals surface area contributed by atoms with Crippen LogP contribution in [0.3, 0.4) is 0 Å². The molecule has 0 aliphatic heterocycles. The molecule has 0 aromatic carbocycles. The fourth-order valence-electron chi connectivity index (χ4n) is 16.2. The van der Waals surface area contributed by atoms with Crippen molar-refractivity contribution < 1.29 is 0 Å². The van der Waals surface area contributed by atoms with E-state index in [-0.39, 0.29) is 0 Å². The lowest BCUT2D eigenvalue weighted by Crippen LogP contribution is -2.39. The monoisotopic (exact) mass is 444 g/mol. The van der Waals surface area contributed by atoms with Crippen LogP contribution in [0.5, 0.6) is 0 Å². The van der Waals surface area contributed by atoms with Gasteiger partial charge in [0.1, 0.15) is 0 Å². The van der Waals surface area contributed by atoms with E-state index in [0.29, 0.717) is 0 Å². The maximum absolute atomic E-state index is 1.70. The van der Waals surface area contributed by atoms with Gasteiger partial charge < -0.3 is 0 Å². The molecule has 18 atom stereocenters. The second-order valence-electron chi connectivity index (χ2n) is 16.2. The van der Waals surface area contributed by atoms with Gasteiger partial charge in [-0.2, -0.15) is 0 Å². The molecular formula is C33H48. The van der Waals surface area contributed by atoms with Crippen molar-refractivity contribution in [2.45, 2.75) is 96.3 Å². The molecule has 8 bridgehead atoms. The first-order valence-electron chi connectivity index (χ1n) is 16.3. The van der Waals surface area contributed by atoms with Gasteiger partial charge in [-0.15, -0.1) is 0 Å². The molecule has 0 aromatic rings. The van der Waals surface area contributed by atoms with Gasteiger partial charge in [-0.1, -0.05) is 32.1 Å². The molecule has 0 heteroatoms. The summed E-state index contributed by atoms with van der Waals surface area (Å²) in [4.78, 5) is 0. The Hall–Kier alpha value is 0. The molecular weight excluding hydrogens is 396 g/mol. The maximum Gasteiger partial charge on any atom is -0.0318 e. The van der Waals surface area contributed by atoms with Crippen LogP contribution in [0.1, 0.15) is 96.3 Å². The van der Waals surface area contributed by atoms with Crippen LogP contribution in [-0.2, 0) is 0 Å². The zero-order valence-corrected chi connectivity index (χ0v) is 21.0. The van der Waals surface area contributed by atoms with Crippen molar-refractivity contribution in [3.63, 3.8) is 0 Å². The minimum absolute atomic E-state index is 1.17. The first-order valence-corrected chi connectivity index (χ1v) is 16.3. The van der Waals surface area contributed by atoms with Crippen molar-refractivity contribution in [1.29, 1.82) is 0 Å². The van der Waals surface area contributed by atoms with E-state index in [1.54, 1.807) is 96.3 Å². The zero-order chi connectivity index (χ0) is 21.0. The second-order valence-corrected chi connectivity index (χ2v) is 16.2. The second kappa shape index (κ2) is 6.46. The molecule has 10 saturated carbocycles. The van der Waals surface area contributed by atoms with Crippen LogP contribution in [-0.4, -0.2) is 0 Å². The normalized spacial score (nSPS) is 68.7. The number of hydrogen-bond acceptors (Lipinski definition) is 0. The van der Waals surface area contributed by atoms with Gasteiger partial charge in [0.25, 0.3) is 0 Å². The van der Waals surface area contributed by atoms with Crippen LogP contribution in [0.25, 0.3) is 0 Å². The summed E-state index contributed by atoms with van der Waals surface area (Å²) >= 11 is 0.